The van der Waals surface area contributed by atoms with E-state index >= 15 is 0 Å². The molecule has 0 radical (unpaired) electrons. The van der Waals surface area contributed by atoms with Crippen LogP contribution in [0.1, 0.15) is 30.7 Å². The number of hydrogen-bond acceptors (Lipinski definition) is 5. The second-order valence-electron chi connectivity index (χ2n) is 5.88. The number of rotatable bonds is 6. The highest BCUT2D eigenvalue weighted by Gasteiger charge is 2.17. The van der Waals surface area contributed by atoms with Gasteiger partial charge in [0.1, 0.15) is 5.82 Å². The summed E-state index contributed by atoms with van der Waals surface area (Å²) in [5.41, 5.74) is 0.995. The first-order valence-corrected chi connectivity index (χ1v) is 9.34. The van der Waals surface area contributed by atoms with Crippen LogP contribution in [0.15, 0.2) is 29.2 Å². The highest BCUT2D eigenvalue weighted by Crippen LogP contribution is 2.26. The minimum absolute atomic E-state index is 0.330. The normalized spacial score (nSPS) is 15.5. The molecule has 2 aromatic rings. The molecule has 1 saturated carbocycles. The van der Waals surface area contributed by atoms with Crippen LogP contribution in [0.5, 0.6) is 0 Å². The minimum Gasteiger partial charge on any atom is -0.353 e. The van der Waals surface area contributed by atoms with E-state index in [1.54, 1.807) is 24.3 Å². The van der Waals surface area contributed by atoms with Crippen molar-refractivity contribution in [2.45, 2.75) is 30.6 Å². The van der Waals surface area contributed by atoms with E-state index < -0.39 is 9.84 Å². The average Bonchev–Trinajstić information content (AvgIpc) is 2.84. The average molecular weight is 320 g/mol. The second kappa shape index (κ2) is 6.08. The van der Waals surface area contributed by atoms with Crippen LogP contribution in [0.2, 0.25) is 0 Å². The Morgan fingerprint density at radius 1 is 1.27 bits per heavy atom. The lowest BCUT2D eigenvalue weighted by Gasteiger charge is -2.24. The third kappa shape index (κ3) is 3.65. The first kappa shape index (κ1) is 15.0. The molecule has 0 unspecified atom stereocenters. The molecule has 0 atom stereocenters. The van der Waals surface area contributed by atoms with Crippen molar-refractivity contribution >= 4 is 15.8 Å². The van der Waals surface area contributed by atoms with Gasteiger partial charge in [-0.25, -0.2) is 8.42 Å². The van der Waals surface area contributed by atoms with Gasteiger partial charge in [0.15, 0.2) is 9.84 Å². The van der Waals surface area contributed by atoms with Crippen molar-refractivity contribution in [2.75, 3.05) is 18.1 Å². The predicted molar refractivity (Wildman–Crippen MR) is 84.6 cm³/mol. The first-order chi connectivity index (χ1) is 10.5. The van der Waals surface area contributed by atoms with Gasteiger partial charge in [0.05, 0.1) is 4.90 Å². The summed E-state index contributed by atoms with van der Waals surface area (Å²) in [5.74, 6) is 2.16. The fraction of sp³-hybridized carbons (Fsp3) is 0.467. The molecule has 1 aromatic heterocycles. The molecule has 0 spiro atoms. The Morgan fingerprint density at radius 2 is 2.00 bits per heavy atom. The van der Waals surface area contributed by atoms with Crippen LogP contribution in [0.3, 0.4) is 0 Å². The molecule has 0 aliphatic heterocycles. The molecule has 22 heavy (non-hydrogen) atoms. The molecule has 0 amide bonds. The van der Waals surface area contributed by atoms with E-state index in [1.807, 2.05) is 0 Å². The molecule has 1 heterocycles. The first-order valence-electron chi connectivity index (χ1n) is 7.45. The van der Waals surface area contributed by atoms with Crippen LogP contribution in [-0.4, -0.2) is 36.4 Å². The van der Waals surface area contributed by atoms with Gasteiger partial charge < -0.3 is 5.32 Å². The molecule has 0 bridgehead atoms. The van der Waals surface area contributed by atoms with Gasteiger partial charge in [-0.15, -0.1) is 5.10 Å². The fourth-order valence-electron chi connectivity index (χ4n) is 2.43. The van der Waals surface area contributed by atoms with Gasteiger partial charge in [0.25, 0.3) is 0 Å². The number of H-pyrrole nitrogens is 1. The molecule has 1 aliphatic carbocycles. The monoisotopic (exact) mass is 320 g/mol. The Kier molecular flexibility index (Phi) is 4.15. The number of nitrogens with one attached hydrogen (secondary N) is 2. The van der Waals surface area contributed by atoms with Crippen molar-refractivity contribution in [3.05, 3.63) is 35.7 Å². The summed E-state index contributed by atoms with van der Waals surface area (Å²) in [6, 6.07) is 6.86. The molecule has 1 fully saturated rings. The number of anilines is 1. The van der Waals surface area contributed by atoms with E-state index in [1.165, 1.54) is 25.5 Å². The van der Waals surface area contributed by atoms with E-state index in [2.05, 4.69) is 20.5 Å². The molecule has 2 N–H and O–H groups in total. The summed E-state index contributed by atoms with van der Waals surface area (Å²) >= 11 is 0. The molecular formula is C15H20N4O2S. The summed E-state index contributed by atoms with van der Waals surface area (Å²) in [5, 5.41) is 10.3. The molecule has 118 valence electrons. The van der Waals surface area contributed by atoms with Gasteiger partial charge >= 0.3 is 0 Å². The highest BCUT2D eigenvalue weighted by molar-refractivity contribution is 7.90. The van der Waals surface area contributed by atoms with Crippen molar-refractivity contribution in [3.8, 4) is 0 Å². The largest absolute Gasteiger partial charge is 0.353 e. The lowest BCUT2D eigenvalue weighted by atomic mass is 9.85. The quantitative estimate of drug-likeness (QED) is 0.850. The number of aromatic amines is 1. The standard InChI is InChI=1S/C15H20N4O2S/c1-22(20,21)13-7-5-11(6-8-13)9-14-17-15(19-18-14)16-10-12-3-2-4-12/h5-8,12H,2-4,9-10H2,1H3,(H2,16,17,18,19). The zero-order valence-corrected chi connectivity index (χ0v) is 13.4. The smallest absolute Gasteiger partial charge is 0.242 e. The van der Waals surface area contributed by atoms with Gasteiger partial charge in [-0.2, -0.15) is 4.98 Å². The van der Waals surface area contributed by atoms with Crippen molar-refractivity contribution in [2.24, 2.45) is 5.92 Å². The van der Waals surface area contributed by atoms with Crippen LogP contribution in [-0.2, 0) is 16.3 Å². The van der Waals surface area contributed by atoms with Crippen molar-refractivity contribution in [1.82, 2.24) is 15.2 Å². The number of sulfone groups is 1. The Labute approximate surface area is 130 Å². The maximum atomic E-state index is 11.4. The van der Waals surface area contributed by atoms with E-state index in [0.717, 1.165) is 23.9 Å². The zero-order chi connectivity index (χ0) is 15.6. The third-order valence-corrected chi connectivity index (χ3v) is 5.16. The molecular weight excluding hydrogens is 300 g/mol. The van der Waals surface area contributed by atoms with E-state index in [4.69, 9.17) is 0 Å². The van der Waals surface area contributed by atoms with Gasteiger partial charge in [-0.1, -0.05) is 18.6 Å². The van der Waals surface area contributed by atoms with Gasteiger partial charge in [-0.3, -0.25) is 5.10 Å². The summed E-state index contributed by atoms with van der Waals surface area (Å²) in [4.78, 5) is 4.74. The molecule has 1 aliphatic rings. The van der Waals surface area contributed by atoms with Gasteiger partial charge in [0, 0.05) is 19.2 Å². The van der Waals surface area contributed by atoms with Crippen LogP contribution in [0.4, 0.5) is 5.95 Å². The summed E-state index contributed by atoms with van der Waals surface area (Å²) in [6.07, 6.45) is 5.71. The topological polar surface area (TPSA) is 87.7 Å². The predicted octanol–water partition coefficient (Wildman–Crippen LogP) is 2.01. The lowest BCUT2D eigenvalue weighted by molar-refractivity contribution is 0.333. The van der Waals surface area contributed by atoms with E-state index in [0.29, 0.717) is 17.3 Å². The van der Waals surface area contributed by atoms with Crippen LogP contribution in [0, 0.1) is 5.92 Å². The summed E-state index contributed by atoms with van der Waals surface area (Å²) < 4.78 is 22.9. The maximum Gasteiger partial charge on any atom is 0.242 e. The lowest BCUT2D eigenvalue weighted by Crippen LogP contribution is -2.21. The number of hydrogen-bond donors (Lipinski definition) is 2. The van der Waals surface area contributed by atoms with Gasteiger partial charge in [-0.05, 0) is 36.5 Å². The van der Waals surface area contributed by atoms with E-state index in [9.17, 15) is 8.42 Å². The highest BCUT2D eigenvalue weighted by atomic mass is 32.2. The number of nitrogens with zero attached hydrogens (tertiary/aromatic N) is 2. The third-order valence-electron chi connectivity index (χ3n) is 4.03. The van der Waals surface area contributed by atoms with Crippen LogP contribution in [0.25, 0.3) is 0 Å². The maximum absolute atomic E-state index is 11.4. The Morgan fingerprint density at radius 3 is 2.59 bits per heavy atom. The van der Waals surface area contributed by atoms with Crippen LogP contribution < -0.4 is 5.32 Å². The molecule has 1 aromatic carbocycles. The summed E-state index contributed by atoms with van der Waals surface area (Å²) in [7, 11) is -3.15. The second-order valence-corrected chi connectivity index (χ2v) is 7.89. The Balaban J connectivity index is 1.59. The Hall–Kier alpha value is -1.89. The number of aromatic nitrogens is 3. The fourth-order valence-corrected chi connectivity index (χ4v) is 3.06. The van der Waals surface area contributed by atoms with Crippen molar-refractivity contribution in [3.63, 3.8) is 0 Å². The summed E-state index contributed by atoms with van der Waals surface area (Å²) in [6.45, 7) is 0.931. The molecule has 7 heteroatoms. The van der Waals surface area contributed by atoms with Gasteiger partial charge in [0.2, 0.25) is 5.95 Å². The molecule has 3 rings (SSSR count). The molecule has 6 nitrogen and oxygen atoms in total. The van der Waals surface area contributed by atoms with Crippen molar-refractivity contribution in [1.29, 1.82) is 0 Å². The molecule has 0 saturated heterocycles. The zero-order valence-electron chi connectivity index (χ0n) is 12.5. The van der Waals surface area contributed by atoms with Crippen LogP contribution >= 0.6 is 0 Å². The minimum atomic E-state index is -3.15. The number of benzene rings is 1. The van der Waals surface area contributed by atoms with Crippen molar-refractivity contribution < 1.29 is 8.42 Å². The SMILES string of the molecule is CS(=O)(=O)c1ccc(Cc2nc(NCC3CCC3)n[nH]2)cc1. The Bertz CT molecular complexity index is 733. The van der Waals surface area contributed by atoms with E-state index in [-0.39, 0.29) is 0 Å².